The summed E-state index contributed by atoms with van der Waals surface area (Å²) >= 11 is 0. The minimum Gasteiger partial charge on any atom is -0.497 e. The van der Waals surface area contributed by atoms with E-state index in [0.717, 1.165) is 54.6 Å². The van der Waals surface area contributed by atoms with Crippen LogP contribution in [0.25, 0.3) is 10.9 Å². The third kappa shape index (κ3) is 3.26. The Morgan fingerprint density at radius 3 is 2.90 bits per heavy atom. The molecule has 1 aliphatic carbocycles. The van der Waals surface area contributed by atoms with E-state index in [-0.39, 0.29) is 18.0 Å². The van der Waals surface area contributed by atoms with E-state index in [9.17, 15) is 4.79 Å². The van der Waals surface area contributed by atoms with Crippen LogP contribution in [-0.4, -0.2) is 35.6 Å². The standard InChI is InChI=1S/C24H26N4O2/c1-15-19-14-17(30-2)10-12-21(19)27-24(25-15)28-13-5-8-22(28)23(29)26-20-11-9-16-6-3-4-7-18(16)20/h3-4,6-7,10,12,14,20,22H,5,8-9,11,13H2,1-2H3,(H,26,29). The van der Waals surface area contributed by atoms with Gasteiger partial charge >= 0.3 is 0 Å². The van der Waals surface area contributed by atoms with Gasteiger partial charge in [0, 0.05) is 11.9 Å². The molecular weight excluding hydrogens is 376 g/mol. The number of nitrogens with zero attached hydrogens (tertiary/aromatic N) is 3. The van der Waals surface area contributed by atoms with Crippen molar-refractivity contribution in [3.05, 3.63) is 59.3 Å². The van der Waals surface area contributed by atoms with Gasteiger partial charge in [0.25, 0.3) is 0 Å². The quantitative estimate of drug-likeness (QED) is 0.720. The molecule has 1 fully saturated rings. The highest BCUT2D eigenvalue weighted by Gasteiger charge is 2.35. The Morgan fingerprint density at radius 2 is 2.03 bits per heavy atom. The Balaban J connectivity index is 1.39. The molecule has 2 unspecified atom stereocenters. The smallest absolute Gasteiger partial charge is 0.243 e. The molecule has 1 saturated heterocycles. The van der Waals surface area contributed by atoms with E-state index in [2.05, 4.69) is 28.4 Å². The highest BCUT2D eigenvalue weighted by atomic mass is 16.5. The molecule has 154 valence electrons. The molecule has 6 heteroatoms. The molecule has 0 radical (unpaired) electrons. The van der Waals surface area contributed by atoms with Crippen LogP contribution in [0.1, 0.15) is 42.1 Å². The van der Waals surface area contributed by atoms with Gasteiger partial charge in [0.15, 0.2) is 0 Å². The second-order valence-electron chi connectivity index (χ2n) is 8.14. The SMILES string of the molecule is COc1ccc2nc(N3CCCC3C(=O)NC3CCc4ccccc43)nc(C)c2c1. The first kappa shape index (κ1) is 18.9. The lowest BCUT2D eigenvalue weighted by Gasteiger charge is -2.26. The summed E-state index contributed by atoms with van der Waals surface area (Å²) in [7, 11) is 1.65. The van der Waals surface area contributed by atoms with Crippen molar-refractivity contribution >= 4 is 22.8 Å². The largest absolute Gasteiger partial charge is 0.497 e. The molecule has 0 saturated carbocycles. The van der Waals surface area contributed by atoms with Gasteiger partial charge in [-0.15, -0.1) is 0 Å². The maximum absolute atomic E-state index is 13.2. The van der Waals surface area contributed by atoms with E-state index in [1.165, 1.54) is 11.1 Å². The van der Waals surface area contributed by atoms with E-state index < -0.39 is 0 Å². The van der Waals surface area contributed by atoms with Crippen LogP contribution >= 0.6 is 0 Å². The number of nitrogens with one attached hydrogen (secondary N) is 1. The highest BCUT2D eigenvalue weighted by Crippen LogP contribution is 2.32. The van der Waals surface area contributed by atoms with E-state index in [4.69, 9.17) is 14.7 Å². The summed E-state index contributed by atoms with van der Waals surface area (Å²) in [6.45, 7) is 2.77. The average molecular weight is 402 g/mol. The monoisotopic (exact) mass is 402 g/mol. The van der Waals surface area contributed by atoms with Crippen molar-refractivity contribution in [1.29, 1.82) is 0 Å². The molecule has 2 aromatic carbocycles. The van der Waals surface area contributed by atoms with Crippen LogP contribution in [0.3, 0.4) is 0 Å². The summed E-state index contributed by atoms with van der Waals surface area (Å²) in [5.41, 5.74) is 4.36. The van der Waals surface area contributed by atoms with Crippen molar-refractivity contribution in [2.24, 2.45) is 0 Å². The number of ether oxygens (including phenoxy) is 1. The van der Waals surface area contributed by atoms with Crippen molar-refractivity contribution in [3.63, 3.8) is 0 Å². The van der Waals surface area contributed by atoms with Crippen molar-refractivity contribution in [1.82, 2.24) is 15.3 Å². The first-order chi connectivity index (χ1) is 14.6. The molecule has 0 bridgehead atoms. The molecule has 2 atom stereocenters. The van der Waals surface area contributed by atoms with Crippen LogP contribution in [0.2, 0.25) is 0 Å². The number of anilines is 1. The zero-order chi connectivity index (χ0) is 20.7. The Hall–Kier alpha value is -3.15. The van der Waals surface area contributed by atoms with E-state index >= 15 is 0 Å². The van der Waals surface area contributed by atoms with Crippen LogP contribution < -0.4 is 15.0 Å². The van der Waals surface area contributed by atoms with Gasteiger partial charge in [0.05, 0.1) is 24.4 Å². The first-order valence-corrected chi connectivity index (χ1v) is 10.6. The molecule has 2 heterocycles. The minimum absolute atomic E-state index is 0.0743. The predicted molar refractivity (Wildman–Crippen MR) is 117 cm³/mol. The van der Waals surface area contributed by atoms with E-state index in [1.54, 1.807) is 7.11 Å². The van der Waals surface area contributed by atoms with Gasteiger partial charge in [-0.05, 0) is 61.9 Å². The van der Waals surface area contributed by atoms with Crippen molar-refractivity contribution in [2.45, 2.75) is 44.7 Å². The Morgan fingerprint density at radius 1 is 1.17 bits per heavy atom. The Bertz CT molecular complexity index is 1110. The third-order valence-corrected chi connectivity index (χ3v) is 6.34. The molecule has 1 amide bonds. The summed E-state index contributed by atoms with van der Waals surface area (Å²) in [5, 5.41) is 4.26. The zero-order valence-electron chi connectivity index (χ0n) is 17.4. The number of fused-ring (bicyclic) bond motifs is 2. The first-order valence-electron chi connectivity index (χ1n) is 10.6. The van der Waals surface area contributed by atoms with Crippen LogP contribution in [0.4, 0.5) is 5.95 Å². The zero-order valence-corrected chi connectivity index (χ0v) is 17.4. The summed E-state index contributed by atoms with van der Waals surface area (Å²) < 4.78 is 5.33. The number of carbonyl (C=O) groups excluding carboxylic acids is 1. The predicted octanol–water partition coefficient (Wildman–Crippen LogP) is 3.72. The molecule has 1 N–H and O–H groups in total. The van der Waals surface area contributed by atoms with Crippen LogP contribution in [0, 0.1) is 6.92 Å². The average Bonchev–Trinajstić information content (AvgIpc) is 3.41. The van der Waals surface area contributed by atoms with Gasteiger partial charge in [0.1, 0.15) is 11.8 Å². The van der Waals surface area contributed by atoms with Crippen molar-refractivity contribution in [3.8, 4) is 5.75 Å². The number of aryl methyl sites for hydroxylation is 2. The third-order valence-electron chi connectivity index (χ3n) is 6.34. The molecule has 0 spiro atoms. The van der Waals surface area contributed by atoms with E-state index in [0.29, 0.717) is 5.95 Å². The lowest BCUT2D eigenvalue weighted by molar-refractivity contribution is -0.123. The summed E-state index contributed by atoms with van der Waals surface area (Å²) in [5.74, 6) is 1.50. The molecule has 5 rings (SSSR count). The molecule has 3 aromatic rings. The second kappa shape index (κ2) is 7.59. The number of amides is 1. The number of hydrogen-bond acceptors (Lipinski definition) is 5. The molecule has 1 aromatic heterocycles. The minimum atomic E-state index is -0.229. The van der Waals surface area contributed by atoms with Crippen LogP contribution in [0.5, 0.6) is 5.75 Å². The van der Waals surface area contributed by atoms with Crippen molar-refractivity contribution < 1.29 is 9.53 Å². The fourth-order valence-electron chi connectivity index (χ4n) is 4.75. The highest BCUT2D eigenvalue weighted by molar-refractivity contribution is 5.87. The number of benzene rings is 2. The number of rotatable bonds is 4. The summed E-state index contributed by atoms with van der Waals surface area (Å²) in [6, 6.07) is 14.1. The lowest BCUT2D eigenvalue weighted by atomic mass is 10.1. The molecule has 6 nitrogen and oxygen atoms in total. The fourth-order valence-corrected chi connectivity index (χ4v) is 4.75. The molecular formula is C24H26N4O2. The maximum Gasteiger partial charge on any atom is 0.243 e. The van der Waals surface area contributed by atoms with Gasteiger partial charge in [0.2, 0.25) is 11.9 Å². The molecule has 30 heavy (non-hydrogen) atoms. The topological polar surface area (TPSA) is 67.3 Å². The van der Waals surface area contributed by atoms with E-state index in [1.807, 2.05) is 31.2 Å². The normalized spacial score (nSPS) is 20.4. The summed E-state index contributed by atoms with van der Waals surface area (Å²) in [4.78, 5) is 24.8. The lowest BCUT2D eigenvalue weighted by Crippen LogP contribution is -2.45. The summed E-state index contributed by atoms with van der Waals surface area (Å²) in [6.07, 6.45) is 3.77. The van der Waals surface area contributed by atoms with Gasteiger partial charge in [-0.25, -0.2) is 9.97 Å². The number of aromatic nitrogens is 2. The van der Waals surface area contributed by atoms with Crippen LogP contribution in [0.15, 0.2) is 42.5 Å². The van der Waals surface area contributed by atoms with Gasteiger partial charge in [-0.2, -0.15) is 0 Å². The number of carbonyl (C=O) groups is 1. The van der Waals surface area contributed by atoms with Crippen molar-refractivity contribution in [2.75, 3.05) is 18.6 Å². The van der Waals surface area contributed by atoms with Gasteiger partial charge in [-0.3, -0.25) is 4.79 Å². The Kier molecular flexibility index (Phi) is 4.77. The van der Waals surface area contributed by atoms with Gasteiger partial charge in [-0.1, -0.05) is 24.3 Å². The number of hydrogen-bond donors (Lipinski definition) is 1. The second-order valence-corrected chi connectivity index (χ2v) is 8.14. The number of methoxy groups -OCH3 is 1. The van der Waals surface area contributed by atoms with Crippen LogP contribution in [-0.2, 0) is 11.2 Å². The maximum atomic E-state index is 13.2. The molecule has 1 aliphatic heterocycles. The molecule has 2 aliphatic rings. The fraction of sp³-hybridized carbons (Fsp3) is 0.375. The Labute approximate surface area is 176 Å². The van der Waals surface area contributed by atoms with Gasteiger partial charge < -0.3 is 15.0 Å².